The van der Waals surface area contributed by atoms with E-state index in [1.54, 1.807) is 0 Å². The van der Waals surface area contributed by atoms with Gasteiger partial charge in [0.15, 0.2) is 0 Å². The van der Waals surface area contributed by atoms with Crippen LogP contribution in [0.3, 0.4) is 0 Å². The van der Waals surface area contributed by atoms with Gasteiger partial charge in [-0.2, -0.15) is 0 Å². The van der Waals surface area contributed by atoms with Crippen LogP contribution < -0.4 is 0 Å². The molecule has 0 fully saturated rings. The van der Waals surface area contributed by atoms with Gasteiger partial charge < -0.3 is 0 Å². The standard InChI is InChI=1S/La.Nd.O.Pr. The van der Waals surface area contributed by atoms with Crippen molar-refractivity contribution in [1.29, 1.82) is 0 Å². The van der Waals surface area contributed by atoms with Crippen LogP contribution in [0.15, 0.2) is 0 Å². The maximum atomic E-state index is 8.42. The first-order valence-electron chi connectivity index (χ1n) is 0.236. The van der Waals surface area contributed by atoms with E-state index in [9.17, 15) is 0 Å². The van der Waals surface area contributed by atoms with Crippen LogP contribution in [-0.2, 0) is 1.70 Å². The van der Waals surface area contributed by atoms with Crippen LogP contribution >= 0.6 is 0 Å². The van der Waals surface area contributed by atoms with Crippen molar-refractivity contribution >= 4 is 0 Å². The number of hydrogen-bond acceptors (Lipinski definition) is 1. The molecular formula is LaNdOPr. The number of rotatable bonds is 0. The summed E-state index contributed by atoms with van der Waals surface area (Å²) in [4.78, 5) is 0. The van der Waals surface area contributed by atoms with Crippen LogP contribution in [-0.4, -0.2) is 0 Å². The van der Waals surface area contributed by atoms with Crippen LogP contribution in [0.4, 0.5) is 0 Å². The quantitative estimate of drug-likeness (QED) is 0.514. The molecule has 0 aliphatic heterocycles. The molecule has 0 saturated carbocycles. The maximum absolute atomic E-state index is 8.42. The van der Waals surface area contributed by atoms with Gasteiger partial charge in [0.1, 0.15) is 0 Å². The molecule has 4 heteroatoms. The predicted octanol–water partition coefficient (Wildman–Crippen LogP) is -0.119. The summed E-state index contributed by atoms with van der Waals surface area (Å²) in [6, 6.07) is 0. The molecule has 0 spiro atoms. The largest absolute Gasteiger partial charge is 0 e. The van der Waals surface area contributed by atoms with E-state index in [-0.39, 0.29) is 116 Å². The molecule has 0 aromatic carbocycles. The van der Waals surface area contributed by atoms with Crippen molar-refractivity contribution in [1.82, 2.24) is 0 Å². The summed E-state index contributed by atoms with van der Waals surface area (Å²) in [5.41, 5.74) is 0. The Balaban J connectivity index is -0.00000000500. The first kappa shape index (κ1) is 15.6. The summed E-state index contributed by atoms with van der Waals surface area (Å²) in [6.45, 7) is 0. The first-order valence-corrected chi connectivity index (χ1v) is 1.72. The molecule has 16 valence electrons. The molecular weight excluding hydrogens is 440 g/mol. The first-order chi connectivity index (χ1) is 1.00. The molecule has 0 aromatic heterocycles. The third-order valence-corrected chi connectivity index (χ3v) is 0. The average Bonchev–Trinajstić information content (AvgIpc) is 1.00. The summed E-state index contributed by atoms with van der Waals surface area (Å²) in [5, 5.41) is 0. The zero-order chi connectivity index (χ0) is 2.00. The molecule has 1 nitrogen and oxygen atoms in total. The van der Waals surface area contributed by atoms with Gasteiger partial charge >= 0.3 is 35.5 Å². The normalized spacial score (nSPS) is 1.50. The van der Waals surface area contributed by atoms with Crippen LogP contribution in [0.5, 0.6) is 0 Å². The van der Waals surface area contributed by atoms with Gasteiger partial charge in [0.2, 0.25) is 0 Å². The smallest absolute Gasteiger partial charge is 0 e. The van der Waals surface area contributed by atoms with Crippen LogP contribution in [0.25, 0.3) is 0 Å². The van der Waals surface area contributed by atoms with E-state index in [4.69, 9.17) is 1.70 Å². The number of hydrogen-bond donors (Lipinski definition) is 0. The average molecular weight is 440 g/mol. The topological polar surface area (TPSA) is 17.1 Å². The summed E-state index contributed by atoms with van der Waals surface area (Å²) >= 11 is -0.0833. The monoisotopic (exact) mass is 438 g/mol. The Labute approximate surface area is 114 Å². The second-order valence-electron chi connectivity index (χ2n) is 0. The fourth-order valence-electron chi connectivity index (χ4n) is 0. The molecule has 0 aliphatic carbocycles. The Bertz CT molecular complexity index is 8.00. The van der Waals surface area contributed by atoms with E-state index in [1.165, 1.54) is 0 Å². The van der Waals surface area contributed by atoms with Gasteiger partial charge in [-0.1, -0.05) is 0 Å². The SMILES string of the molecule is [Nd].[O]=[La].[Pr]. The van der Waals surface area contributed by atoms with Gasteiger partial charge in [-0.15, -0.1) is 0 Å². The zero-order valence-electron chi connectivity index (χ0n) is 2.06. The molecule has 0 saturated heterocycles. The van der Waals surface area contributed by atoms with Gasteiger partial charge in [-0.3, -0.25) is 0 Å². The van der Waals surface area contributed by atoms with Crippen molar-refractivity contribution in [2.24, 2.45) is 0 Å². The minimum atomic E-state index is -0.0833. The van der Waals surface area contributed by atoms with E-state index in [1.807, 2.05) is 0 Å². The second-order valence-corrected chi connectivity index (χ2v) is 0. The van der Waals surface area contributed by atoms with E-state index in [2.05, 4.69) is 0 Å². The Morgan fingerprint density at radius 2 is 1.25 bits per heavy atom. The fourth-order valence-corrected chi connectivity index (χ4v) is 0. The predicted molar refractivity (Wildman–Crippen MR) is 0.686 cm³/mol. The van der Waals surface area contributed by atoms with Crippen molar-refractivity contribution in [3.63, 3.8) is 0 Å². The molecule has 0 amide bonds. The van der Waals surface area contributed by atoms with Crippen molar-refractivity contribution in [2.45, 2.75) is 0 Å². The van der Waals surface area contributed by atoms with E-state index in [0.717, 1.165) is 0 Å². The Morgan fingerprint density at radius 1 is 1.25 bits per heavy atom. The van der Waals surface area contributed by atoms with Gasteiger partial charge in [-0.25, -0.2) is 0 Å². The zero-order valence-corrected chi connectivity index (χ0v) is 12.6. The molecule has 0 aliphatic rings. The summed E-state index contributed by atoms with van der Waals surface area (Å²) in [6.07, 6.45) is 0. The minimum Gasteiger partial charge on any atom is 0 e. The third-order valence-electron chi connectivity index (χ3n) is 0. The second kappa shape index (κ2) is 15.9. The van der Waals surface area contributed by atoms with Gasteiger partial charge in [0.05, 0.1) is 0 Å². The van der Waals surface area contributed by atoms with Crippen LogP contribution in [0.1, 0.15) is 0 Å². The van der Waals surface area contributed by atoms with E-state index < -0.39 is 0 Å². The van der Waals surface area contributed by atoms with Crippen molar-refractivity contribution in [3.8, 4) is 0 Å². The van der Waals surface area contributed by atoms with Crippen molar-refractivity contribution < 1.29 is 118 Å². The third kappa shape index (κ3) is 9.20. The Hall–Kier alpha value is 3.71. The molecule has 1 radical (unpaired) electrons. The van der Waals surface area contributed by atoms with Gasteiger partial charge in [0.25, 0.3) is 0 Å². The molecule has 0 bridgehead atoms. The Morgan fingerprint density at radius 3 is 1.25 bits per heavy atom. The summed E-state index contributed by atoms with van der Waals surface area (Å²) in [7, 11) is 0. The van der Waals surface area contributed by atoms with E-state index in [0.29, 0.717) is 0 Å². The molecule has 0 atom stereocenters. The molecule has 4 heavy (non-hydrogen) atoms. The molecule has 0 rings (SSSR count). The molecule has 0 heterocycles. The molecule has 0 N–H and O–H groups in total. The van der Waals surface area contributed by atoms with Gasteiger partial charge in [-0.05, 0) is 0 Å². The van der Waals surface area contributed by atoms with Crippen molar-refractivity contribution in [3.05, 3.63) is 0 Å². The minimum absolute atomic E-state index is 0. The van der Waals surface area contributed by atoms with Crippen LogP contribution in [0.2, 0.25) is 0 Å². The molecule has 0 unspecified atom stereocenters. The fraction of sp³-hybridized carbons (Fsp3) is 0. The summed E-state index contributed by atoms with van der Waals surface area (Å²) in [5.74, 6) is 0. The summed E-state index contributed by atoms with van der Waals surface area (Å²) < 4.78 is 8.42. The Kier molecular flexibility index (Phi) is 62.2. The maximum Gasteiger partial charge on any atom is 0 e. The van der Waals surface area contributed by atoms with Crippen molar-refractivity contribution in [2.75, 3.05) is 0 Å². The van der Waals surface area contributed by atoms with Crippen LogP contribution in [0, 0.1) is 116 Å². The van der Waals surface area contributed by atoms with E-state index >= 15 is 0 Å². The molecule has 0 aromatic rings. The van der Waals surface area contributed by atoms with Gasteiger partial charge in [0, 0.05) is 82.1 Å².